The van der Waals surface area contributed by atoms with E-state index in [0.29, 0.717) is 6.54 Å². The standard InChI is InChI=1S/C32H33ClN4O/c33-28-14-12-25(13-15-28)16-20-36-21-17-29(18-22-36)37(24-26-7-6-19-34-23-26)32(38)35-31-11-5-4-10-30(31)27-8-2-1-3-9-27/h1-15,19,23,29H,16-18,20-22,24H2,(H,35,38). The smallest absolute Gasteiger partial charge is 0.317 e. The van der Waals surface area contributed by atoms with E-state index >= 15 is 0 Å². The number of carbonyl (C=O) groups excluding carboxylic acids is 1. The summed E-state index contributed by atoms with van der Waals surface area (Å²) in [7, 11) is 0. The lowest BCUT2D eigenvalue weighted by atomic mass is 10.0. The summed E-state index contributed by atoms with van der Waals surface area (Å²) in [6.45, 7) is 3.47. The Labute approximate surface area is 230 Å². The first kappa shape index (κ1) is 26.0. The van der Waals surface area contributed by atoms with Gasteiger partial charge in [-0.05, 0) is 60.2 Å². The summed E-state index contributed by atoms with van der Waals surface area (Å²) in [4.78, 5) is 22.6. The zero-order valence-electron chi connectivity index (χ0n) is 21.5. The van der Waals surface area contributed by atoms with Crippen molar-refractivity contribution in [2.24, 2.45) is 0 Å². The molecular weight excluding hydrogens is 492 g/mol. The van der Waals surface area contributed by atoms with Gasteiger partial charge >= 0.3 is 6.03 Å². The van der Waals surface area contributed by atoms with Gasteiger partial charge in [-0.1, -0.05) is 78.3 Å². The van der Waals surface area contributed by atoms with Crippen LogP contribution >= 0.6 is 11.6 Å². The number of amides is 2. The number of urea groups is 1. The number of benzene rings is 3. The van der Waals surface area contributed by atoms with Crippen molar-refractivity contribution in [3.8, 4) is 11.1 Å². The summed E-state index contributed by atoms with van der Waals surface area (Å²) in [5.41, 5.74) is 5.24. The van der Waals surface area contributed by atoms with Crippen molar-refractivity contribution in [2.45, 2.75) is 31.8 Å². The van der Waals surface area contributed by atoms with Crippen molar-refractivity contribution in [1.29, 1.82) is 0 Å². The van der Waals surface area contributed by atoms with Crippen molar-refractivity contribution in [2.75, 3.05) is 25.0 Å². The zero-order valence-corrected chi connectivity index (χ0v) is 22.2. The third kappa shape index (κ3) is 6.80. The van der Waals surface area contributed by atoms with Crippen molar-refractivity contribution in [3.63, 3.8) is 0 Å². The summed E-state index contributed by atoms with van der Waals surface area (Å²) >= 11 is 6.03. The molecule has 0 aliphatic carbocycles. The van der Waals surface area contributed by atoms with E-state index in [1.807, 2.05) is 71.8 Å². The van der Waals surface area contributed by atoms with Crippen LogP contribution in [0.4, 0.5) is 10.5 Å². The normalized spacial score (nSPS) is 14.2. The van der Waals surface area contributed by atoms with Crippen molar-refractivity contribution in [3.05, 3.63) is 120 Å². The second-order valence-electron chi connectivity index (χ2n) is 9.78. The summed E-state index contributed by atoms with van der Waals surface area (Å²) < 4.78 is 0. The molecule has 1 saturated heterocycles. The second kappa shape index (κ2) is 12.7. The molecule has 5 nitrogen and oxygen atoms in total. The second-order valence-corrected chi connectivity index (χ2v) is 10.2. The van der Waals surface area contributed by atoms with E-state index < -0.39 is 0 Å². The monoisotopic (exact) mass is 524 g/mol. The maximum Gasteiger partial charge on any atom is 0.322 e. The molecule has 2 amide bonds. The molecule has 1 aliphatic heterocycles. The molecule has 1 fully saturated rings. The molecule has 0 atom stereocenters. The minimum absolute atomic E-state index is 0.0724. The predicted octanol–water partition coefficient (Wildman–Crippen LogP) is 7.14. The van der Waals surface area contributed by atoms with Crippen LogP contribution in [0.2, 0.25) is 5.02 Å². The molecule has 5 rings (SSSR count). The molecule has 0 unspecified atom stereocenters. The number of hydrogen-bond donors (Lipinski definition) is 1. The number of carbonyl (C=O) groups is 1. The Balaban J connectivity index is 1.27. The highest BCUT2D eigenvalue weighted by atomic mass is 35.5. The lowest BCUT2D eigenvalue weighted by Crippen LogP contribution is -2.48. The highest BCUT2D eigenvalue weighted by Gasteiger charge is 2.28. The molecule has 4 aromatic rings. The van der Waals surface area contributed by atoms with Crippen LogP contribution in [0, 0.1) is 0 Å². The fourth-order valence-corrected chi connectivity index (χ4v) is 5.22. The molecule has 1 N–H and O–H groups in total. The van der Waals surface area contributed by atoms with Gasteiger partial charge in [0.15, 0.2) is 0 Å². The Hall–Kier alpha value is -3.67. The van der Waals surface area contributed by atoms with Gasteiger partial charge in [-0.15, -0.1) is 0 Å². The maximum absolute atomic E-state index is 13.8. The molecule has 3 aromatic carbocycles. The first-order valence-corrected chi connectivity index (χ1v) is 13.6. The SMILES string of the molecule is O=C(Nc1ccccc1-c1ccccc1)N(Cc1cccnc1)C1CCN(CCc2ccc(Cl)cc2)CC1. The van der Waals surface area contributed by atoms with Crippen LogP contribution in [-0.2, 0) is 13.0 Å². The van der Waals surface area contributed by atoms with Crippen LogP contribution in [-0.4, -0.2) is 46.5 Å². The summed E-state index contributed by atoms with van der Waals surface area (Å²) in [5.74, 6) is 0. The van der Waals surface area contributed by atoms with Crippen molar-refractivity contribution in [1.82, 2.24) is 14.8 Å². The first-order chi connectivity index (χ1) is 18.7. The topological polar surface area (TPSA) is 48.5 Å². The van der Waals surface area contributed by atoms with Crippen molar-refractivity contribution < 1.29 is 4.79 Å². The van der Waals surface area contributed by atoms with Crippen LogP contribution in [0.5, 0.6) is 0 Å². The molecule has 0 saturated carbocycles. The van der Waals surface area contributed by atoms with Crippen LogP contribution in [0.3, 0.4) is 0 Å². The van der Waals surface area contributed by atoms with E-state index in [1.165, 1.54) is 5.56 Å². The predicted molar refractivity (Wildman–Crippen MR) is 155 cm³/mol. The Morgan fingerprint density at radius 1 is 0.895 bits per heavy atom. The molecule has 6 heteroatoms. The van der Waals surface area contributed by atoms with Gasteiger partial charge < -0.3 is 15.1 Å². The van der Waals surface area contributed by atoms with E-state index in [-0.39, 0.29) is 12.1 Å². The molecular formula is C32H33ClN4O. The highest BCUT2D eigenvalue weighted by molar-refractivity contribution is 6.30. The zero-order chi connectivity index (χ0) is 26.2. The van der Waals surface area contributed by atoms with Gasteiger partial charge in [0, 0.05) is 55.2 Å². The van der Waals surface area contributed by atoms with Crippen LogP contribution in [0.25, 0.3) is 11.1 Å². The number of rotatable bonds is 8. The number of aromatic nitrogens is 1. The number of para-hydroxylation sites is 1. The summed E-state index contributed by atoms with van der Waals surface area (Å²) in [6, 6.07) is 30.3. The molecule has 0 spiro atoms. The molecule has 2 heterocycles. The molecule has 194 valence electrons. The van der Waals surface area contributed by atoms with Gasteiger partial charge in [0.2, 0.25) is 0 Å². The fourth-order valence-electron chi connectivity index (χ4n) is 5.10. The Bertz CT molecular complexity index is 1310. The van der Waals surface area contributed by atoms with Gasteiger partial charge in [0.25, 0.3) is 0 Å². The average molecular weight is 525 g/mol. The molecule has 1 aliphatic rings. The Kier molecular flexibility index (Phi) is 8.69. The number of nitrogens with zero attached hydrogens (tertiary/aromatic N) is 3. The van der Waals surface area contributed by atoms with E-state index in [1.54, 1.807) is 6.20 Å². The first-order valence-electron chi connectivity index (χ1n) is 13.2. The maximum atomic E-state index is 13.8. The van der Waals surface area contributed by atoms with Crippen LogP contribution in [0.15, 0.2) is 103 Å². The molecule has 0 radical (unpaired) electrons. The lowest BCUT2D eigenvalue weighted by Gasteiger charge is -2.38. The van der Waals surface area contributed by atoms with Crippen LogP contribution in [0.1, 0.15) is 24.0 Å². The van der Waals surface area contributed by atoms with E-state index in [0.717, 1.165) is 66.3 Å². The fraction of sp³-hybridized carbons (Fsp3) is 0.250. The van der Waals surface area contributed by atoms with Gasteiger partial charge in [-0.25, -0.2) is 4.79 Å². The van der Waals surface area contributed by atoms with E-state index in [2.05, 4.69) is 45.5 Å². The van der Waals surface area contributed by atoms with Gasteiger partial charge in [0.05, 0.1) is 5.69 Å². The highest BCUT2D eigenvalue weighted by Crippen LogP contribution is 2.29. The number of likely N-dealkylation sites (tertiary alicyclic amines) is 1. The number of hydrogen-bond acceptors (Lipinski definition) is 3. The Morgan fingerprint density at radius 3 is 2.37 bits per heavy atom. The molecule has 0 bridgehead atoms. The molecule has 38 heavy (non-hydrogen) atoms. The third-order valence-electron chi connectivity index (χ3n) is 7.22. The van der Waals surface area contributed by atoms with Crippen molar-refractivity contribution >= 4 is 23.3 Å². The Morgan fingerprint density at radius 2 is 1.63 bits per heavy atom. The minimum atomic E-state index is -0.0724. The molecule has 1 aromatic heterocycles. The quantitative estimate of drug-likeness (QED) is 0.266. The number of nitrogens with one attached hydrogen (secondary N) is 1. The van der Waals surface area contributed by atoms with Gasteiger partial charge in [0.1, 0.15) is 0 Å². The summed E-state index contributed by atoms with van der Waals surface area (Å²) in [6.07, 6.45) is 6.49. The average Bonchev–Trinajstić information content (AvgIpc) is 2.97. The van der Waals surface area contributed by atoms with E-state index in [4.69, 9.17) is 11.6 Å². The van der Waals surface area contributed by atoms with Crippen LogP contribution < -0.4 is 5.32 Å². The number of piperidine rings is 1. The minimum Gasteiger partial charge on any atom is -0.317 e. The summed E-state index contributed by atoms with van der Waals surface area (Å²) in [5, 5.41) is 4.00. The number of pyridine rings is 1. The van der Waals surface area contributed by atoms with Gasteiger partial charge in [-0.3, -0.25) is 4.98 Å². The third-order valence-corrected chi connectivity index (χ3v) is 7.47. The van der Waals surface area contributed by atoms with E-state index in [9.17, 15) is 4.79 Å². The number of anilines is 1. The lowest BCUT2D eigenvalue weighted by molar-refractivity contribution is 0.124. The van der Waals surface area contributed by atoms with Gasteiger partial charge in [-0.2, -0.15) is 0 Å². The largest absolute Gasteiger partial charge is 0.322 e. The number of halogens is 1.